The molecule has 1 N–H and O–H groups in total. The van der Waals surface area contributed by atoms with Crippen LogP contribution in [-0.4, -0.2) is 22.1 Å². The van der Waals surface area contributed by atoms with E-state index in [0.717, 1.165) is 12.1 Å². The van der Waals surface area contributed by atoms with Crippen LogP contribution in [0.1, 0.15) is 5.56 Å². The molecule has 0 heterocycles. The maximum Gasteiger partial charge on any atom is 0.245 e. The SMILES string of the molecule is COc1ccc(F)cc1S(=O)(=O)NCC#Cc1ccccc1Cl. The van der Waals surface area contributed by atoms with Crippen LogP contribution < -0.4 is 9.46 Å². The second-order valence-electron chi connectivity index (χ2n) is 4.40. The van der Waals surface area contributed by atoms with Crippen LogP contribution in [-0.2, 0) is 10.0 Å². The monoisotopic (exact) mass is 353 g/mol. The lowest BCUT2D eigenvalue weighted by Crippen LogP contribution is -2.24. The Balaban J connectivity index is 2.15. The molecule has 2 aromatic rings. The second-order valence-corrected chi connectivity index (χ2v) is 6.54. The Morgan fingerprint density at radius 1 is 1.26 bits per heavy atom. The number of nitrogens with one attached hydrogen (secondary N) is 1. The molecule has 0 aliphatic carbocycles. The molecule has 0 bridgehead atoms. The zero-order valence-electron chi connectivity index (χ0n) is 12.1. The molecular formula is C16H13ClFNO3S. The van der Waals surface area contributed by atoms with Gasteiger partial charge in [0.1, 0.15) is 16.5 Å². The standard InChI is InChI=1S/C16H13ClFNO3S/c1-22-15-9-8-13(18)11-16(15)23(20,21)19-10-4-6-12-5-2-3-7-14(12)17/h2-3,5,7-9,11,19H,10H2,1H3. The second kappa shape index (κ2) is 7.47. The fourth-order valence-corrected chi connectivity index (χ4v) is 3.06. The molecule has 0 amide bonds. The Hall–Kier alpha value is -2.07. The minimum absolute atomic E-state index is 0.0537. The van der Waals surface area contributed by atoms with E-state index in [1.54, 1.807) is 24.3 Å². The first-order chi connectivity index (χ1) is 10.9. The molecule has 0 radical (unpaired) electrons. The van der Waals surface area contributed by atoms with Crippen LogP contribution in [0.3, 0.4) is 0 Å². The predicted molar refractivity (Wildman–Crippen MR) is 86.5 cm³/mol. The molecule has 0 saturated carbocycles. The van der Waals surface area contributed by atoms with Gasteiger partial charge in [0.15, 0.2) is 0 Å². The zero-order valence-corrected chi connectivity index (χ0v) is 13.7. The van der Waals surface area contributed by atoms with Gasteiger partial charge in [-0.3, -0.25) is 0 Å². The number of sulfonamides is 1. The highest BCUT2D eigenvalue weighted by Gasteiger charge is 2.19. The van der Waals surface area contributed by atoms with Crippen molar-refractivity contribution in [1.82, 2.24) is 4.72 Å². The highest BCUT2D eigenvalue weighted by molar-refractivity contribution is 7.89. The van der Waals surface area contributed by atoms with Crippen LogP contribution in [0.2, 0.25) is 5.02 Å². The van der Waals surface area contributed by atoms with E-state index in [-0.39, 0.29) is 17.2 Å². The molecule has 0 saturated heterocycles. The Kier molecular flexibility index (Phi) is 5.61. The van der Waals surface area contributed by atoms with E-state index in [9.17, 15) is 12.8 Å². The van der Waals surface area contributed by atoms with E-state index in [0.29, 0.717) is 10.6 Å². The van der Waals surface area contributed by atoms with Crippen LogP contribution >= 0.6 is 11.6 Å². The number of methoxy groups -OCH3 is 1. The van der Waals surface area contributed by atoms with Crippen molar-refractivity contribution in [3.8, 4) is 17.6 Å². The Morgan fingerprint density at radius 3 is 2.70 bits per heavy atom. The molecule has 0 aliphatic heterocycles. The van der Waals surface area contributed by atoms with Gasteiger partial charge in [0.2, 0.25) is 10.0 Å². The van der Waals surface area contributed by atoms with Crippen LogP contribution in [0.5, 0.6) is 5.75 Å². The number of benzene rings is 2. The van der Waals surface area contributed by atoms with Crippen molar-refractivity contribution in [3.05, 3.63) is 58.9 Å². The molecule has 2 aromatic carbocycles. The van der Waals surface area contributed by atoms with Crippen LogP contribution in [0.4, 0.5) is 4.39 Å². The van der Waals surface area contributed by atoms with Gasteiger partial charge in [0.25, 0.3) is 0 Å². The number of hydrogen-bond donors (Lipinski definition) is 1. The van der Waals surface area contributed by atoms with Gasteiger partial charge in [-0.1, -0.05) is 35.6 Å². The van der Waals surface area contributed by atoms with E-state index in [1.807, 2.05) is 0 Å². The van der Waals surface area contributed by atoms with Gasteiger partial charge in [-0.25, -0.2) is 12.8 Å². The molecular weight excluding hydrogens is 341 g/mol. The summed E-state index contributed by atoms with van der Waals surface area (Å²) >= 11 is 5.95. The third-order valence-electron chi connectivity index (χ3n) is 2.86. The molecule has 0 spiro atoms. The summed E-state index contributed by atoms with van der Waals surface area (Å²) in [5, 5.41) is 0.481. The molecule has 120 valence electrons. The smallest absolute Gasteiger partial charge is 0.245 e. The lowest BCUT2D eigenvalue weighted by molar-refractivity contribution is 0.400. The van der Waals surface area contributed by atoms with Gasteiger partial charge in [-0.05, 0) is 30.3 Å². The lowest BCUT2D eigenvalue weighted by Gasteiger charge is -2.09. The normalized spacial score (nSPS) is 10.7. The minimum atomic E-state index is -3.94. The summed E-state index contributed by atoms with van der Waals surface area (Å²) in [4.78, 5) is -0.278. The van der Waals surface area contributed by atoms with Gasteiger partial charge in [-0.2, -0.15) is 4.72 Å². The van der Waals surface area contributed by atoms with Crippen molar-refractivity contribution < 1.29 is 17.5 Å². The summed E-state index contributed by atoms with van der Waals surface area (Å²) in [6.07, 6.45) is 0. The third kappa shape index (κ3) is 4.45. The first kappa shape index (κ1) is 17.3. The summed E-state index contributed by atoms with van der Waals surface area (Å²) in [5.74, 6) is 4.80. The van der Waals surface area contributed by atoms with Crippen molar-refractivity contribution in [2.45, 2.75) is 4.90 Å². The highest BCUT2D eigenvalue weighted by Crippen LogP contribution is 2.24. The Labute approximate surface area is 139 Å². The summed E-state index contributed by atoms with van der Waals surface area (Å²) < 4.78 is 44.9. The fraction of sp³-hybridized carbons (Fsp3) is 0.125. The van der Waals surface area contributed by atoms with Gasteiger partial charge >= 0.3 is 0 Å². The third-order valence-corrected chi connectivity index (χ3v) is 4.61. The molecule has 4 nitrogen and oxygen atoms in total. The first-order valence-corrected chi connectivity index (χ1v) is 8.37. The van der Waals surface area contributed by atoms with E-state index < -0.39 is 15.8 Å². The lowest BCUT2D eigenvalue weighted by atomic mass is 10.2. The van der Waals surface area contributed by atoms with Gasteiger partial charge in [-0.15, -0.1) is 0 Å². The molecule has 7 heteroatoms. The molecule has 23 heavy (non-hydrogen) atoms. The summed E-state index contributed by atoms with van der Waals surface area (Å²) in [6, 6.07) is 10.2. The van der Waals surface area contributed by atoms with Gasteiger partial charge in [0, 0.05) is 5.56 Å². The zero-order chi connectivity index (χ0) is 16.9. The first-order valence-electron chi connectivity index (χ1n) is 6.50. The van der Waals surface area contributed by atoms with E-state index in [1.165, 1.54) is 13.2 Å². The number of hydrogen-bond acceptors (Lipinski definition) is 3. The highest BCUT2D eigenvalue weighted by atomic mass is 35.5. The maximum atomic E-state index is 13.3. The van der Waals surface area contributed by atoms with Crippen molar-refractivity contribution in [1.29, 1.82) is 0 Å². The predicted octanol–water partition coefficient (Wildman–Crippen LogP) is 2.82. The van der Waals surface area contributed by atoms with Gasteiger partial charge in [0.05, 0.1) is 18.7 Å². The molecule has 0 unspecified atom stereocenters. The molecule has 0 atom stereocenters. The average molecular weight is 354 g/mol. The minimum Gasteiger partial charge on any atom is -0.495 e. The summed E-state index contributed by atoms with van der Waals surface area (Å²) in [6.45, 7) is -0.146. The van der Waals surface area contributed by atoms with E-state index in [4.69, 9.17) is 16.3 Å². The van der Waals surface area contributed by atoms with Crippen LogP contribution in [0, 0.1) is 17.7 Å². The molecule has 0 aromatic heterocycles. The van der Waals surface area contributed by atoms with Crippen molar-refractivity contribution in [3.63, 3.8) is 0 Å². The van der Waals surface area contributed by atoms with Crippen LogP contribution in [0.25, 0.3) is 0 Å². The average Bonchev–Trinajstić information content (AvgIpc) is 2.53. The fourth-order valence-electron chi connectivity index (χ4n) is 1.77. The summed E-state index contributed by atoms with van der Waals surface area (Å²) in [5.41, 5.74) is 0.594. The topological polar surface area (TPSA) is 55.4 Å². The maximum absolute atomic E-state index is 13.3. The molecule has 2 rings (SSSR count). The largest absolute Gasteiger partial charge is 0.495 e. The van der Waals surface area contributed by atoms with Crippen molar-refractivity contribution in [2.75, 3.05) is 13.7 Å². The Bertz CT molecular complexity index is 872. The van der Waals surface area contributed by atoms with E-state index >= 15 is 0 Å². The number of ether oxygens (including phenoxy) is 1. The van der Waals surface area contributed by atoms with E-state index in [2.05, 4.69) is 16.6 Å². The molecule has 0 aliphatic rings. The molecule has 0 fully saturated rings. The van der Waals surface area contributed by atoms with Gasteiger partial charge < -0.3 is 4.74 Å². The quantitative estimate of drug-likeness (QED) is 0.860. The van der Waals surface area contributed by atoms with Crippen molar-refractivity contribution >= 4 is 21.6 Å². The summed E-state index contributed by atoms with van der Waals surface area (Å²) in [7, 11) is -2.63. The number of halogens is 2. The van der Waals surface area contributed by atoms with Crippen LogP contribution in [0.15, 0.2) is 47.4 Å². The number of rotatable bonds is 4. The Morgan fingerprint density at radius 2 is 2.00 bits per heavy atom. The van der Waals surface area contributed by atoms with Crippen molar-refractivity contribution in [2.24, 2.45) is 0 Å².